The third-order valence-corrected chi connectivity index (χ3v) is 6.02. The molecule has 1 unspecified atom stereocenters. The van der Waals surface area contributed by atoms with E-state index in [0.717, 1.165) is 17.2 Å². The van der Waals surface area contributed by atoms with E-state index >= 15 is 0 Å². The van der Waals surface area contributed by atoms with Crippen LogP contribution in [0.1, 0.15) is 28.7 Å². The normalized spacial score (nSPS) is 20.1. The fourth-order valence-corrected chi connectivity index (χ4v) is 4.08. The average Bonchev–Trinajstić information content (AvgIpc) is 3.07. The summed E-state index contributed by atoms with van der Waals surface area (Å²) < 4.78 is 29.1. The van der Waals surface area contributed by atoms with E-state index in [2.05, 4.69) is 15.7 Å². The summed E-state index contributed by atoms with van der Waals surface area (Å²) in [7, 11) is 2.85. The first-order valence-corrected chi connectivity index (χ1v) is 10.5. The van der Waals surface area contributed by atoms with Gasteiger partial charge in [-0.25, -0.2) is 18.6 Å². The van der Waals surface area contributed by atoms with Crippen molar-refractivity contribution in [2.24, 2.45) is 0 Å². The van der Waals surface area contributed by atoms with Crippen molar-refractivity contribution in [3.8, 4) is 0 Å². The number of carbonyl (C=O) groups is 3. The number of aromatic nitrogens is 2. The van der Waals surface area contributed by atoms with Crippen LogP contribution in [0.5, 0.6) is 0 Å². The molecular weight excluding hydrogens is 462 g/mol. The van der Waals surface area contributed by atoms with Crippen molar-refractivity contribution in [2.45, 2.75) is 38.6 Å². The van der Waals surface area contributed by atoms with Gasteiger partial charge >= 0.3 is 6.03 Å². The minimum absolute atomic E-state index is 0.0119. The van der Waals surface area contributed by atoms with Gasteiger partial charge in [-0.05, 0) is 19.1 Å². The molecule has 0 radical (unpaired) electrons. The standard InChI is InChI=1S/C20H21ClF2N6O4/c1-9-6-13-10(7-28(9)20(32)25-12-5-4-11(22)15(21)16(12)23)17-19(31)27(3)33-14(18(30)24-2)8-29(17)26-13/h4-5,9,14H,6-8H2,1-3H3,(H,24,30)(H,25,32)/t9-,14?/m1/s1. The number of benzene rings is 1. The van der Waals surface area contributed by atoms with Crippen LogP contribution in [0, 0.1) is 11.6 Å². The minimum atomic E-state index is -1.08. The van der Waals surface area contributed by atoms with Crippen molar-refractivity contribution >= 4 is 35.1 Å². The lowest BCUT2D eigenvalue weighted by molar-refractivity contribution is -0.168. The monoisotopic (exact) mass is 482 g/mol. The third-order valence-electron chi connectivity index (χ3n) is 5.67. The number of urea groups is 1. The number of rotatable bonds is 2. The van der Waals surface area contributed by atoms with Crippen LogP contribution >= 0.6 is 11.6 Å². The molecule has 1 aromatic carbocycles. The Balaban J connectivity index is 1.63. The summed E-state index contributed by atoms with van der Waals surface area (Å²) in [5.41, 5.74) is 1.08. The predicted octanol–water partition coefficient (Wildman–Crippen LogP) is 1.93. The number of anilines is 1. The van der Waals surface area contributed by atoms with Gasteiger partial charge in [0.25, 0.3) is 11.8 Å². The van der Waals surface area contributed by atoms with Crippen molar-refractivity contribution in [3.63, 3.8) is 0 Å². The van der Waals surface area contributed by atoms with Crippen LogP contribution in [0.2, 0.25) is 5.02 Å². The first-order valence-electron chi connectivity index (χ1n) is 10.1. The summed E-state index contributed by atoms with van der Waals surface area (Å²) in [5, 5.41) is 9.64. The summed E-state index contributed by atoms with van der Waals surface area (Å²) in [6.07, 6.45) is -0.632. The van der Waals surface area contributed by atoms with Crippen molar-refractivity contribution in [1.29, 1.82) is 0 Å². The topological polar surface area (TPSA) is 109 Å². The average molecular weight is 483 g/mol. The summed E-state index contributed by atoms with van der Waals surface area (Å²) in [6.45, 7) is 1.81. The summed E-state index contributed by atoms with van der Waals surface area (Å²) >= 11 is 5.59. The number of nitrogens with zero attached hydrogens (tertiary/aromatic N) is 4. The SMILES string of the molecule is CNC(=O)C1Cn2nc3c(c2C(=O)N(C)O1)CN(C(=O)Nc1ccc(F)c(Cl)c1F)[C@H](C)C3. The maximum atomic E-state index is 14.3. The molecule has 2 atom stereocenters. The maximum Gasteiger partial charge on any atom is 0.322 e. The molecule has 0 saturated heterocycles. The van der Waals surface area contributed by atoms with Crippen LogP contribution in [-0.4, -0.2) is 63.8 Å². The highest BCUT2D eigenvalue weighted by atomic mass is 35.5. The van der Waals surface area contributed by atoms with Crippen LogP contribution < -0.4 is 10.6 Å². The number of halogens is 3. The molecule has 1 aromatic heterocycles. The molecule has 2 aromatic rings. The highest BCUT2D eigenvalue weighted by molar-refractivity contribution is 6.31. The Morgan fingerprint density at radius 2 is 2.03 bits per heavy atom. The number of hydrogen-bond acceptors (Lipinski definition) is 5. The second kappa shape index (κ2) is 8.60. The van der Waals surface area contributed by atoms with Crippen LogP contribution in [0.25, 0.3) is 0 Å². The minimum Gasteiger partial charge on any atom is -0.357 e. The molecule has 2 N–H and O–H groups in total. The Morgan fingerprint density at radius 1 is 1.30 bits per heavy atom. The molecule has 13 heteroatoms. The van der Waals surface area contributed by atoms with E-state index in [9.17, 15) is 23.2 Å². The Morgan fingerprint density at radius 3 is 2.73 bits per heavy atom. The third kappa shape index (κ3) is 4.00. The fraction of sp³-hybridized carbons (Fsp3) is 0.400. The number of likely N-dealkylation sites (N-methyl/N-ethyl adjacent to an activating group) is 1. The first-order chi connectivity index (χ1) is 15.6. The maximum absolute atomic E-state index is 14.3. The molecule has 4 rings (SSSR count). The highest BCUT2D eigenvalue weighted by Crippen LogP contribution is 2.30. The number of carbonyl (C=O) groups excluding carboxylic acids is 3. The summed E-state index contributed by atoms with van der Waals surface area (Å²) in [5.74, 6) is -2.94. The Hall–Kier alpha value is -3.25. The molecule has 0 bridgehead atoms. The van der Waals surface area contributed by atoms with Gasteiger partial charge in [-0.3, -0.25) is 19.1 Å². The molecule has 10 nitrogen and oxygen atoms in total. The number of nitrogens with one attached hydrogen (secondary N) is 2. The zero-order chi connectivity index (χ0) is 24.0. The molecule has 2 aliphatic heterocycles. The molecule has 176 valence electrons. The predicted molar refractivity (Wildman–Crippen MR) is 112 cm³/mol. The first kappa shape index (κ1) is 22.9. The van der Waals surface area contributed by atoms with Crippen LogP contribution in [-0.2, 0) is 29.1 Å². The zero-order valence-corrected chi connectivity index (χ0v) is 18.7. The van der Waals surface area contributed by atoms with Gasteiger partial charge in [0.15, 0.2) is 11.9 Å². The molecule has 0 fully saturated rings. The largest absolute Gasteiger partial charge is 0.357 e. The van der Waals surface area contributed by atoms with Gasteiger partial charge in [0.1, 0.15) is 16.5 Å². The highest BCUT2D eigenvalue weighted by Gasteiger charge is 2.39. The van der Waals surface area contributed by atoms with E-state index in [4.69, 9.17) is 16.4 Å². The lowest BCUT2D eigenvalue weighted by Crippen LogP contribution is -2.45. The molecular formula is C20H21ClF2N6O4. The van der Waals surface area contributed by atoms with Crippen molar-refractivity contribution in [1.82, 2.24) is 25.1 Å². The Labute approximate surface area is 192 Å². The van der Waals surface area contributed by atoms with Gasteiger partial charge in [-0.2, -0.15) is 5.10 Å². The van der Waals surface area contributed by atoms with Gasteiger partial charge in [-0.1, -0.05) is 11.6 Å². The second-order valence-electron chi connectivity index (χ2n) is 7.80. The number of amides is 4. The van der Waals surface area contributed by atoms with Gasteiger partial charge in [0.05, 0.1) is 24.5 Å². The van der Waals surface area contributed by atoms with Crippen LogP contribution in [0.3, 0.4) is 0 Å². The molecule has 0 saturated carbocycles. The van der Waals surface area contributed by atoms with Gasteiger partial charge in [0, 0.05) is 32.1 Å². The molecule has 4 amide bonds. The fourth-order valence-electron chi connectivity index (χ4n) is 3.92. The number of hydroxylamine groups is 2. The van der Waals surface area contributed by atoms with Gasteiger partial charge in [0.2, 0.25) is 0 Å². The van der Waals surface area contributed by atoms with Crippen LogP contribution in [0.15, 0.2) is 12.1 Å². The number of fused-ring (bicyclic) bond motifs is 3. The number of hydrogen-bond donors (Lipinski definition) is 2. The lowest BCUT2D eigenvalue weighted by Gasteiger charge is -2.33. The zero-order valence-electron chi connectivity index (χ0n) is 18.0. The van der Waals surface area contributed by atoms with E-state index in [1.54, 1.807) is 6.92 Å². The quantitative estimate of drug-likeness (QED) is 0.636. The molecule has 3 heterocycles. The molecule has 2 aliphatic rings. The van der Waals surface area contributed by atoms with Crippen LogP contribution in [0.4, 0.5) is 19.3 Å². The second-order valence-corrected chi connectivity index (χ2v) is 8.18. The van der Waals surface area contributed by atoms with Crippen molar-refractivity contribution in [3.05, 3.63) is 45.7 Å². The molecule has 0 spiro atoms. The van der Waals surface area contributed by atoms with E-state index < -0.39 is 40.6 Å². The van der Waals surface area contributed by atoms with Gasteiger partial charge < -0.3 is 15.5 Å². The molecule has 0 aliphatic carbocycles. The Bertz CT molecular complexity index is 1160. The van der Waals surface area contributed by atoms with Gasteiger partial charge in [-0.15, -0.1) is 0 Å². The van der Waals surface area contributed by atoms with Crippen molar-refractivity contribution < 1.29 is 28.0 Å². The lowest BCUT2D eigenvalue weighted by atomic mass is 9.99. The smallest absolute Gasteiger partial charge is 0.322 e. The van der Waals surface area contributed by atoms with E-state index in [1.165, 1.54) is 23.7 Å². The summed E-state index contributed by atoms with van der Waals surface area (Å²) in [4.78, 5) is 44.9. The van der Waals surface area contributed by atoms with E-state index in [0.29, 0.717) is 17.7 Å². The van der Waals surface area contributed by atoms with E-state index in [1.807, 2.05) is 0 Å². The van der Waals surface area contributed by atoms with Crippen molar-refractivity contribution in [2.75, 3.05) is 19.4 Å². The Kier molecular flexibility index (Phi) is 5.97. The molecule has 33 heavy (non-hydrogen) atoms. The van der Waals surface area contributed by atoms with E-state index in [-0.39, 0.29) is 30.5 Å². The summed E-state index contributed by atoms with van der Waals surface area (Å²) in [6, 6.07) is 1.04.